The number of imidazole rings is 1. The van der Waals surface area contributed by atoms with Gasteiger partial charge in [-0.05, 0) is 45.2 Å². The standard InChI is InChI=1S/C16H29N3/c1-13(2)5-4-6-14(3)19-12-18-11-16(19)15-7-9-17-10-8-15/h11-15,17H,4-10H2,1-3H3. The number of hydrogen-bond donors (Lipinski definition) is 1. The molecule has 1 aromatic heterocycles. The molecule has 1 aliphatic rings. The fourth-order valence-electron chi connectivity index (χ4n) is 3.08. The van der Waals surface area contributed by atoms with Gasteiger partial charge in [0.2, 0.25) is 0 Å². The van der Waals surface area contributed by atoms with Crippen LogP contribution in [0.25, 0.3) is 0 Å². The highest BCUT2D eigenvalue weighted by molar-refractivity contribution is 5.09. The lowest BCUT2D eigenvalue weighted by atomic mass is 9.94. The summed E-state index contributed by atoms with van der Waals surface area (Å²) in [4.78, 5) is 4.40. The van der Waals surface area contributed by atoms with Gasteiger partial charge in [0.15, 0.2) is 0 Å². The van der Waals surface area contributed by atoms with Crippen molar-refractivity contribution in [1.82, 2.24) is 14.9 Å². The average Bonchev–Trinajstić information content (AvgIpc) is 2.88. The number of nitrogens with one attached hydrogen (secondary N) is 1. The largest absolute Gasteiger partial charge is 0.332 e. The molecule has 1 N–H and O–H groups in total. The van der Waals surface area contributed by atoms with Crippen molar-refractivity contribution in [2.24, 2.45) is 5.92 Å². The minimum absolute atomic E-state index is 0.589. The first-order valence-electron chi connectivity index (χ1n) is 7.91. The van der Waals surface area contributed by atoms with Crippen molar-refractivity contribution in [1.29, 1.82) is 0 Å². The minimum atomic E-state index is 0.589. The second-order valence-electron chi connectivity index (χ2n) is 6.42. The Morgan fingerprint density at radius 3 is 2.68 bits per heavy atom. The molecule has 0 bridgehead atoms. The Morgan fingerprint density at radius 1 is 1.26 bits per heavy atom. The lowest BCUT2D eigenvalue weighted by Gasteiger charge is -2.26. The van der Waals surface area contributed by atoms with E-state index < -0.39 is 0 Å². The van der Waals surface area contributed by atoms with Crippen molar-refractivity contribution in [3.63, 3.8) is 0 Å². The van der Waals surface area contributed by atoms with Crippen LogP contribution in [0.5, 0.6) is 0 Å². The van der Waals surface area contributed by atoms with E-state index in [9.17, 15) is 0 Å². The minimum Gasteiger partial charge on any atom is -0.332 e. The van der Waals surface area contributed by atoms with Crippen LogP contribution in [0.3, 0.4) is 0 Å². The van der Waals surface area contributed by atoms with E-state index in [0.29, 0.717) is 12.0 Å². The predicted octanol–water partition coefficient (Wildman–Crippen LogP) is 3.74. The van der Waals surface area contributed by atoms with E-state index in [1.54, 1.807) is 0 Å². The molecule has 1 unspecified atom stereocenters. The molecule has 2 rings (SSSR count). The summed E-state index contributed by atoms with van der Waals surface area (Å²) in [6, 6.07) is 0.589. The summed E-state index contributed by atoms with van der Waals surface area (Å²) >= 11 is 0. The van der Waals surface area contributed by atoms with Gasteiger partial charge >= 0.3 is 0 Å². The van der Waals surface area contributed by atoms with Crippen LogP contribution in [0.4, 0.5) is 0 Å². The Hall–Kier alpha value is -0.830. The topological polar surface area (TPSA) is 29.9 Å². The van der Waals surface area contributed by atoms with Gasteiger partial charge in [0.05, 0.1) is 6.33 Å². The van der Waals surface area contributed by atoms with Crippen LogP contribution in [0, 0.1) is 5.92 Å². The monoisotopic (exact) mass is 263 g/mol. The van der Waals surface area contributed by atoms with Gasteiger partial charge in [-0.3, -0.25) is 0 Å². The molecule has 0 amide bonds. The van der Waals surface area contributed by atoms with E-state index in [1.807, 2.05) is 6.33 Å². The molecule has 3 heteroatoms. The summed E-state index contributed by atoms with van der Waals surface area (Å²) in [7, 11) is 0. The van der Waals surface area contributed by atoms with E-state index in [0.717, 1.165) is 19.0 Å². The van der Waals surface area contributed by atoms with Crippen LogP contribution in [-0.4, -0.2) is 22.6 Å². The molecule has 0 spiro atoms. The van der Waals surface area contributed by atoms with Gasteiger partial charge in [-0.2, -0.15) is 0 Å². The van der Waals surface area contributed by atoms with E-state index in [-0.39, 0.29) is 0 Å². The van der Waals surface area contributed by atoms with Crippen molar-refractivity contribution in [2.75, 3.05) is 13.1 Å². The van der Waals surface area contributed by atoms with Gasteiger partial charge in [-0.1, -0.05) is 26.7 Å². The first-order chi connectivity index (χ1) is 9.18. The first-order valence-corrected chi connectivity index (χ1v) is 7.91. The highest BCUT2D eigenvalue weighted by Gasteiger charge is 2.20. The molecule has 108 valence electrons. The van der Waals surface area contributed by atoms with E-state index >= 15 is 0 Å². The quantitative estimate of drug-likeness (QED) is 0.847. The Morgan fingerprint density at radius 2 is 2.00 bits per heavy atom. The van der Waals surface area contributed by atoms with Crippen LogP contribution in [0.15, 0.2) is 12.5 Å². The van der Waals surface area contributed by atoms with Crippen LogP contribution in [-0.2, 0) is 0 Å². The molecule has 19 heavy (non-hydrogen) atoms. The van der Waals surface area contributed by atoms with Gasteiger partial charge < -0.3 is 9.88 Å². The molecule has 3 nitrogen and oxygen atoms in total. The molecule has 0 radical (unpaired) electrons. The number of nitrogens with zero attached hydrogens (tertiary/aromatic N) is 2. The SMILES string of the molecule is CC(C)CCCC(C)n1cncc1C1CCNCC1. The summed E-state index contributed by atoms with van der Waals surface area (Å²) in [5.41, 5.74) is 1.46. The van der Waals surface area contributed by atoms with Crippen molar-refractivity contribution >= 4 is 0 Å². The number of aromatic nitrogens is 2. The third-order valence-corrected chi connectivity index (χ3v) is 4.33. The third kappa shape index (κ3) is 4.07. The fourth-order valence-corrected chi connectivity index (χ4v) is 3.08. The zero-order chi connectivity index (χ0) is 13.7. The molecule has 0 aliphatic carbocycles. The van der Waals surface area contributed by atoms with Crippen molar-refractivity contribution in [2.45, 2.75) is 64.8 Å². The molecular weight excluding hydrogens is 234 g/mol. The molecule has 1 aliphatic heterocycles. The Bertz CT molecular complexity index is 364. The maximum atomic E-state index is 4.40. The van der Waals surface area contributed by atoms with Gasteiger partial charge in [0, 0.05) is 23.9 Å². The zero-order valence-electron chi connectivity index (χ0n) is 12.7. The average molecular weight is 263 g/mol. The maximum absolute atomic E-state index is 4.40. The van der Waals surface area contributed by atoms with Crippen LogP contribution in [0.2, 0.25) is 0 Å². The van der Waals surface area contributed by atoms with Gasteiger partial charge in [-0.25, -0.2) is 4.98 Å². The van der Waals surface area contributed by atoms with Crippen molar-refractivity contribution in [3.8, 4) is 0 Å². The van der Waals surface area contributed by atoms with E-state index in [1.165, 1.54) is 37.8 Å². The molecule has 1 atom stereocenters. The normalized spacial score (nSPS) is 18.9. The van der Waals surface area contributed by atoms with Gasteiger partial charge in [-0.15, -0.1) is 0 Å². The summed E-state index contributed by atoms with van der Waals surface area (Å²) in [6.45, 7) is 9.26. The van der Waals surface area contributed by atoms with Gasteiger partial charge in [0.25, 0.3) is 0 Å². The second-order valence-corrected chi connectivity index (χ2v) is 6.42. The first kappa shape index (κ1) is 14.6. The van der Waals surface area contributed by atoms with Gasteiger partial charge in [0.1, 0.15) is 0 Å². The summed E-state index contributed by atoms with van der Waals surface area (Å²) in [6.07, 6.45) is 10.6. The maximum Gasteiger partial charge on any atom is 0.0950 e. The highest BCUT2D eigenvalue weighted by atomic mass is 15.1. The molecule has 1 saturated heterocycles. The highest BCUT2D eigenvalue weighted by Crippen LogP contribution is 2.28. The lowest BCUT2D eigenvalue weighted by Crippen LogP contribution is -2.28. The number of piperidine rings is 1. The third-order valence-electron chi connectivity index (χ3n) is 4.33. The van der Waals surface area contributed by atoms with Crippen molar-refractivity contribution in [3.05, 3.63) is 18.2 Å². The molecular formula is C16H29N3. The van der Waals surface area contributed by atoms with Crippen LogP contribution in [0.1, 0.15) is 70.5 Å². The van der Waals surface area contributed by atoms with E-state index in [4.69, 9.17) is 0 Å². The molecule has 2 heterocycles. The predicted molar refractivity (Wildman–Crippen MR) is 80.5 cm³/mol. The zero-order valence-corrected chi connectivity index (χ0v) is 12.7. The molecule has 0 aromatic carbocycles. The number of hydrogen-bond acceptors (Lipinski definition) is 2. The molecule has 1 fully saturated rings. The summed E-state index contributed by atoms with van der Waals surface area (Å²) in [5, 5.41) is 3.44. The Balaban J connectivity index is 1.93. The molecule has 1 aromatic rings. The lowest BCUT2D eigenvalue weighted by molar-refractivity contribution is 0.400. The second kappa shape index (κ2) is 7.09. The van der Waals surface area contributed by atoms with Crippen LogP contribution < -0.4 is 5.32 Å². The molecule has 0 saturated carbocycles. The summed E-state index contributed by atoms with van der Waals surface area (Å²) < 4.78 is 2.43. The number of rotatable bonds is 6. The fraction of sp³-hybridized carbons (Fsp3) is 0.812. The smallest absolute Gasteiger partial charge is 0.0950 e. The Labute approximate surface area is 117 Å². The summed E-state index contributed by atoms with van der Waals surface area (Å²) in [5.74, 6) is 1.52. The van der Waals surface area contributed by atoms with E-state index in [2.05, 4.69) is 41.8 Å². The Kier molecular flexibility index (Phi) is 5.44. The van der Waals surface area contributed by atoms with Crippen LogP contribution >= 0.6 is 0 Å². The van der Waals surface area contributed by atoms with Crippen molar-refractivity contribution < 1.29 is 0 Å².